The highest BCUT2D eigenvalue weighted by molar-refractivity contribution is 6.05. The van der Waals surface area contributed by atoms with E-state index in [1.54, 1.807) is 12.0 Å². The molecule has 5 heteroatoms. The molecule has 25 heavy (non-hydrogen) atoms. The molecule has 1 aliphatic rings. The number of benzene rings is 2. The molecule has 0 aromatic heterocycles. The SMILES string of the molecule is CCCCOc1cc(OC)ccc1[C@@H]1[C@H](O)C(=O)N1c1ccccc1. The van der Waals surface area contributed by atoms with Crippen molar-refractivity contribution in [1.82, 2.24) is 0 Å². The standard InChI is InChI=1S/C20H23NO4/c1-3-4-12-25-17-13-15(24-2)10-11-16(17)18-19(22)20(23)21(18)14-8-6-5-7-9-14/h5-11,13,18-19,22H,3-4,12H2,1-2H3/t18-,19+/m1/s1. The van der Waals surface area contributed by atoms with Crippen LogP contribution in [0.2, 0.25) is 0 Å². The maximum absolute atomic E-state index is 12.3. The van der Waals surface area contributed by atoms with E-state index in [-0.39, 0.29) is 5.91 Å². The van der Waals surface area contributed by atoms with Crippen molar-refractivity contribution in [1.29, 1.82) is 0 Å². The van der Waals surface area contributed by atoms with E-state index < -0.39 is 12.1 Å². The van der Waals surface area contributed by atoms with Crippen molar-refractivity contribution in [3.8, 4) is 11.5 Å². The number of rotatable bonds is 7. The lowest BCUT2D eigenvalue weighted by Gasteiger charge is -2.45. The number of carbonyl (C=O) groups excluding carboxylic acids is 1. The molecule has 1 N–H and O–H groups in total. The highest BCUT2D eigenvalue weighted by atomic mass is 16.5. The second-order valence-electron chi connectivity index (χ2n) is 6.04. The summed E-state index contributed by atoms with van der Waals surface area (Å²) in [6, 6.07) is 14.4. The van der Waals surface area contributed by atoms with Gasteiger partial charge >= 0.3 is 0 Å². The lowest BCUT2D eigenvalue weighted by molar-refractivity contribution is -0.137. The molecule has 0 spiro atoms. The number of aliphatic hydroxyl groups is 1. The number of carbonyl (C=O) groups is 1. The Kier molecular flexibility index (Phi) is 5.24. The number of aliphatic hydroxyl groups excluding tert-OH is 1. The minimum absolute atomic E-state index is 0.300. The monoisotopic (exact) mass is 341 g/mol. The fourth-order valence-electron chi connectivity index (χ4n) is 3.00. The van der Waals surface area contributed by atoms with E-state index in [1.165, 1.54) is 0 Å². The first kappa shape index (κ1) is 17.3. The predicted octanol–water partition coefficient (Wildman–Crippen LogP) is 3.32. The van der Waals surface area contributed by atoms with Gasteiger partial charge in [-0.3, -0.25) is 9.69 Å². The minimum atomic E-state index is -1.07. The van der Waals surface area contributed by atoms with Gasteiger partial charge in [0, 0.05) is 17.3 Å². The fraction of sp³-hybridized carbons (Fsp3) is 0.350. The maximum Gasteiger partial charge on any atom is 0.259 e. The van der Waals surface area contributed by atoms with E-state index in [0.717, 1.165) is 24.1 Å². The Labute approximate surface area is 147 Å². The van der Waals surface area contributed by atoms with Crippen LogP contribution in [0, 0.1) is 0 Å². The molecule has 0 saturated carbocycles. The van der Waals surface area contributed by atoms with Gasteiger partial charge in [0.15, 0.2) is 6.10 Å². The summed E-state index contributed by atoms with van der Waals surface area (Å²) in [6.45, 7) is 2.68. The van der Waals surface area contributed by atoms with Crippen molar-refractivity contribution < 1.29 is 19.4 Å². The van der Waals surface area contributed by atoms with Crippen LogP contribution < -0.4 is 14.4 Å². The first-order valence-corrected chi connectivity index (χ1v) is 8.54. The van der Waals surface area contributed by atoms with Gasteiger partial charge in [-0.1, -0.05) is 31.5 Å². The Morgan fingerprint density at radius 3 is 2.60 bits per heavy atom. The average molecular weight is 341 g/mol. The van der Waals surface area contributed by atoms with Crippen LogP contribution in [-0.4, -0.2) is 30.8 Å². The maximum atomic E-state index is 12.3. The Morgan fingerprint density at radius 2 is 1.92 bits per heavy atom. The molecule has 1 saturated heterocycles. The highest BCUT2D eigenvalue weighted by Gasteiger charge is 2.49. The summed E-state index contributed by atoms with van der Waals surface area (Å²) in [5, 5.41) is 10.3. The number of hydrogen-bond acceptors (Lipinski definition) is 4. The third kappa shape index (κ3) is 3.33. The molecule has 1 heterocycles. The molecule has 2 aromatic rings. The zero-order chi connectivity index (χ0) is 17.8. The van der Waals surface area contributed by atoms with Crippen LogP contribution in [0.15, 0.2) is 48.5 Å². The average Bonchev–Trinajstić information content (AvgIpc) is 2.66. The van der Waals surface area contributed by atoms with Gasteiger partial charge in [-0.25, -0.2) is 0 Å². The number of nitrogens with zero attached hydrogens (tertiary/aromatic N) is 1. The molecule has 2 aromatic carbocycles. The molecule has 0 bridgehead atoms. The minimum Gasteiger partial charge on any atom is -0.497 e. The Morgan fingerprint density at radius 1 is 1.16 bits per heavy atom. The van der Waals surface area contributed by atoms with Crippen molar-refractivity contribution >= 4 is 11.6 Å². The molecule has 2 atom stereocenters. The first-order chi connectivity index (χ1) is 12.2. The molecule has 0 aliphatic carbocycles. The van der Waals surface area contributed by atoms with E-state index >= 15 is 0 Å². The van der Waals surface area contributed by atoms with Gasteiger partial charge in [0.25, 0.3) is 5.91 Å². The van der Waals surface area contributed by atoms with Crippen LogP contribution in [0.25, 0.3) is 0 Å². The van der Waals surface area contributed by atoms with E-state index in [4.69, 9.17) is 9.47 Å². The van der Waals surface area contributed by atoms with Gasteiger partial charge in [0.05, 0.1) is 13.7 Å². The molecule has 5 nitrogen and oxygen atoms in total. The molecule has 0 radical (unpaired) electrons. The van der Waals surface area contributed by atoms with Gasteiger partial charge in [0.2, 0.25) is 0 Å². The summed E-state index contributed by atoms with van der Waals surface area (Å²) < 4.78 is 11.2. The number of hydrogen-bond donors (Lipinski definition) is 1. The van der Waals surface area contributed by atoms with Crippen LogP contribution in [-0.2, 0) is 4.79 Å². The lowest BCUT2D eigenvalue weighted by Crippen LogP contribution is -2.59. The summed E-state index contributed by atoms with van der Waals surface area (Å²) in [6.07, 6.45) is 0.896. The normalized spacial score (nSPS) is 19.5. The second-order valence-corrected chi connectivity index (χ2v) is 6.04. The van der Waals surface area contributed by atoms with Crippen molar-refractivity contribution in [2.45, 2.75) is 31.9 Å². The lowest BCUT2D eigenvalue weighted by atomic mass is 9.89. The number of para-hydroxylation sites is 1. The fourth-order valence-corrected chi connectivity index (χ4v) is 3.00. The Balaban J connectivity index is 1.94. The number of ether oxygens (including phenoxy) is 2. The van der Waals surface area contributed by atoms with E-state index in [1.807, 2.05) is 48.5 Å². The third-order valence-corrected chi connectivity index (χ3v) is 4.40. The zero-order valence-corrected chi connectivity index (χ0v) is 14.5. The second kappa shape index (κ2) is 7.57. The van der Waals surface area contributed by atoms with Crippen LogP contribution in [0.1, 0.15) is 31.4 Å². The van der Waals surface area contributed by atoms with Gasteiger partial charge in [-0.15, -0.1) is 0 Å². The number of unbranched alkanes of at least 4 members (excludes halogenated alkanes) is 1. The van der Waals surface area contributed by atoms with E-state index in [2.05, 4.69) is 6.92 Å². The van der Waals surface area contributed by atoms with Crippen LogP contribution >= 0.6 is 0 Å². The molecule has 3 rings (SSSR count). The van der Waals surface area contributed by atoms with Crippen molar-refractivity contribution in [3.05, 3.63) is 54.1 Å². The molecular weight excluding hydrogens is 318 g/mol. The third-order valence-electron chi connectivity index (χ3n) is 4.40. The van der Waals surface area contributed by atoms with Crippen molar-refractivity contribution in [2.75, 3.05) is 18.6 Å². The first-order valence-electron chi connectivity index (χ1n) is 8.54. The van der Waals surface area contributed by atoms with Crippen LogP contribution in [0.5, 0.6) is 11.5 Å². The molecule has 0 unspecified atom stereocenters. The predicted molar refractivity (Wildman–Crippen MR) is 96.1 cm³/mol. The summed E-state index contributed by atoms with van der Waals surface area (Å²) >= 11 is 0. The summed E-state index contributed by atoms with van der Waals surface area (Å²) in [5.41, 5.74) is 1.55. The quantitative estimate of drug-likeness (QED) is 0.620. The van der Waals surface area contributed by atoms with Crippen molar-refractivity contribution in [2.24, 2.45) is 0 Å². The molecule has 1 amide bonds. The summed E-state index contributed by atoms with van der Waals surface area (Å²) in [5.74, 6) is 1.03. The van der Waals surface area contributed by atoms with E-state index in [0.29, 0.717) is 18.1 Å². The van der Waals surface area contributed by atoms with Gasteiger partial charge in [0.1, 0.15) is 17.5 Å². The van der Waals surface area contributed by atoms with Gasteiger partial charge in [-0.05, 0) is 30.7 Å². The zero-order valence-electron chi connectivity index (χ0n) is 14.5. The smallest absolute Gasteiger partial charge is 0.259 e. The van der Waals surface area contributed by atoms with Gasteiger partial charge < -0.3 is 14.6 Å². The Hall–Kier alpha value is -2.53. The molecule has 1 fully saturated rings. The molecule has 132 valence electrons. The number of amides is 1. The summed E-state index contributed by atoms with van der Waals surface area (Å²) in [7, 11) is 1.60. The number of anilines is 1. The van der Waals surface area contributed by atoms with E-state index in [9.17, 15) is 9.90 Å². The topological polar surface area (TPSA) is 59.0 Å². The van der Waals surface area contributed by atoms with Crippen LogP contribution in [0.4, 0.5) is 5.69 Å². The van der Waals surface area contributed by atoms with Crippen LogP contribution in [0.3, 0.4) is 0 Å². The number of β-lactam (4-membered cyclic amide) rings is 1. The summed E-state index contributed by atoms with van der Waals surface area (Å²) in [4.78, 5) is 13.9. The Bertz CT molecular complexity index is 732. The highest BCUT2D eigenvalue weighted by Crippen LogP contribution is 2.43. The van der Waals surface area contributed by atoms with Crippen molar-refractivity contribution in [3.63, 3.8) is 0 Å². The largest absolute Gasteiger partial charge is 0.497 e. The van der Waals surface area contributed by atoms with Gasteiger partial charge in [-0.2, -0.15) is 0 Å². The number of methoxy groups -OCH3 is 1. The molecule has 1 aliphatic heterocycles. The molecular formula is C20H23NO4.